The molecule has 1 saturated heterocycles. The standard InChI is InChI=1S/C25H24F2N10O/c1-38-17-22-16-35(6-7-37(22)25-32-13-21(27)14-33-25)24-30-10-19(11-31-24)3-2-18-8-28-23(29-9-18)20-12-34-36(15-20)5-4-26/h8-15,22H,4-7,16-17H2,1H3/t22-/m1/s1. The van der Waals surface area contributed by atoms with Crippen LogP contribution in [0.4, 0.5) is 20.7 Å². The average Bonchev–Trinajstić information content (AvgIpc) is 3.42. The number of hydrogen-bond donors (Lipinski definition) is 0. The number of nitrogens with zero attached hydrogens (tertiary/aromatic N) is 10. The summed E-state index contributed by atoms with van der Waals surface area (Å²) in [4.78, 5) is 29.9. The minimum atomic E-state index is -0.487. The summed E-state index contributed by atoms with van der Waals surface area (Å²) in [5.74, 6) is 7.10. The van der Waals surface area contributed by atoms with E-state index in [2.05, 4.69) is 51.7 Å². The Morgan fingerprint density at radius 1 is 0.895 bits per heavy atom. The Morgan fingerprint density at radius 2 is 1.55 bits per heavy atom. The molecule has 5 heterocycles. The average molecular weight is 519 g/mol. The van der Waals surface area contributed by atoms with Crippen LogP contribution in [0.5, 0.6) is 0 Å². The lowest BCUT2D eigenvalue weighted by Gasteiger charge is -2.41. The molecular formula is C25H24F2N10O. The molecule has 4 aromatic rings. The summed E-state index contributed by atoms with van der Waals surface area (Å²) in [6.07, 6.45) is 12.2. The molecule has 0 unspecified atom stereocenters. The van der Waals surface area contributed by atoms with Crippen LogP contribution in [0, 0.1) is 17.7 Å². The number of alkyl halides is 1. The van der Waals surface area contributed by atoms with E-state index in [1.165, 1.54) is 4.68 Å². The third-order valence-corrected chi connectivity index (χ3v) is 5.83. The molecule has 0 radical (unpaired) electrons. The zero-order valence-electron chi connectivity index (χ0n) is 20.6. The number of anilines is 2. The molecule has 1 aliphatic heterocycles. The van der Waals surface area contributed by atoms with Gasteiger partial charge in [0, 0.05) is 57.7 Å². The normalized spacial score (nSPS) is 15.3. The third kappa shape index (κ3) is 5.87. The van der Waals surface area contributed by atoms with Gasteiger partial charge in [0.25, 0.3) is 0 Å². The second-order valence-corrected chi connectivity index (χ2v) is 8.45. The van der Waals surface area contributed by atoms with Gasteiger partial charge in [-0.2, -0.15) is 5.10 Å². The van der Waals surface area contributed by atoms with Gasteiger partial charge in [0.15, 0.2) is 11.6 Å². The molecule has 11 nitrogen and oxygen atoms in total. The highest BCUT2D eigenvalue weighted by atomic mass is 19.1. The Balaban J connectivity index is 1.22. The van der Waals surface area contributed by atoms with Crippen molar-refractivity contribution in [3.63, 3.8) is 0 Å². The number of aromatic nitrogens is 8. The van der Waals surface area contributed by atoms with E-state index in [1.54, 1.807) is 44.3 Å². The molecule has 1 aliphatic rings. The second kappa shape index (κ2) is 11.7. The number of hydrogen-bond acceptors (Lipinski definition) is 10. The van der Waals surface area contributed by atoms with Gasteiger partial charge in [0.2, 0.25) is 11.9 Å². The lowest BCUT2D eigenvalue weighted by molar-refractivity contribution is 0.173. The van der Waals surface area contributed by atoms with Gasteiger partial charge in [-0.3, -0.25) is 4.68 Å². The number of halogens is 2. The summed E-state index contributed by atoms with van der Waals surface area (Å²) in [7, 11) is 1.63. The van der Waals surface area contributed by atoms with Crippen LogP contribution in [0.3, 0.4) is 0 Å². The molecule has 1 fully saturated rings. The smallest absolute Gasteiger partial charge is 0.225 e. The van der Waals surface area contributed by atoms with Gasteiger partial charge in [-0.1, -0.05) is 11.8 Å². The predicted molar refractivity (Wildman–Crippen MR) is 134 cm³/mol. The maximum Gasteiger partial charge on any atom is 0.225 e. The maximum atomic E-state index is 13.2. The van der Waals surface area contributed by atoms with Crippen LogP contribution in [0.25, 0.3) is 11.4 Å². The van der Waals surface area contributed by atoms with E-state index in [9.17, 15) is 8.78 Å². The SMILES string of the molecule is COC[C@H]1CN(c2ncc(C#Cc3cnc(-c4cnn(CCF)c4)nc3)cn2)CCN1c1ncc(F)cn1. The van der Waals surface area contributed by atoms with Crippen LogP contribution in [-0.2, 0) is 11.3 Å². The molecule has 5 rings (SSSR count). The van der Waals surface area contributed by atoms with E-state index in [1.807, 2.05) is 4.90 Å². The summed E-state index contributed by atoms with van der Waals surface area (Å²) >= 11 is 0. The van der Waals surface area contributed by atoms with Gasteiger partial charge in [0.05, 0.1) is 54.5 Å². The van der Waals surface area contributed by atoms with Crippen LogP contribution >= 0.6 is 0 Å². The van der Waals surface area contributed by atoms with E-state index >= 15 is 0 Å². The van der Waals surface area contributed by atoms with Crippen molar-refractivity contribution in [1.82, 2.24) is 39.7 Å². The van der Waals surface area contributed by atoms with Crippen LogP contribution < -0.4 is 9.80 Å². The maximum absolute atomic E-state index is 13.2. The lowest BCUT2D eigenvalue weighted by Crippen LogP contribution is -2.56. The lowest BCUT2D eigenvalue weighted by atomic mass is 10.2. The first-order valence-corrected chi connectivity index (χ1v) is 11.9. The monoisotopic (exact) mass is 518 g/mol. The van der Waals surface area contributed by atoms with E-state index < -0.39 is 12.5 Å². The first-order valence-electron chi connectivity index (χ1n) is 11.9. The quantitative estimate of drug-likeness (QED) is 0.336. The summed E-state index contributed by atoms with van der Waals surface area (Å²) < 4.78 is 32.6. The number of piperazine rings is 1. The Hall–Kier alpha value is -4.57. The molecule has 0 aliphatic carbocycles. The van der Waals surface area contributed by atoms with Crippen molar-refractivity contribution in [3.05, 3.63) is 66.5 Å². The first-order chi connectivity index (χ1) is 18.6. The molecule has 38 heavy (non-hydrogen) atoms. The van der Waals surface area contributed by atoms with Gasteiger partial charge in [-0.25, -0.2) is 38.7 Å². The predicted octanol–water partition coefficient (Wildman–Crippen LogP) is 1.77. The summed E-state index contributed by atoms with van der Waals surface area (Å²) in [5, 5.41) is 4.08. The molecule has 0 aromatic carbocycles. The molecule has 0 amide bonds. The van der Waals surface area contributed by atoms with Crippen molar-refractivity contribution in [2.75, 3.05) is 49.8 Å². The third-order valence-electron chi connectivity index (χ3n) is 5.83. The minimum Gasteiger partial charge on any atom is -0.382 e. The van der Waals surface area contributed by atoms with Crippen molar-refractivity contribution in [3.8, 4) is 23.2 Å². The van der Waals surface area contributed by atoms with E-state index in [4.69, 9.17) is 4.74 Å². The summed E-state index contributed by atoms with van der Waals surface area (Å²) in [5.41, 5.74) is 1.99. The van der Waals surface area contributed by atoms with Crippen LogP contribution in [0.1, 0.15) is 11.1 Å². The van der Waals surface area contributed by atoms with Gasteiger partial charge in [-0.05, 0) is 0 Å². The highest BCUT2D eigenvalue weighted by molar-refractivity contribution is 5.52. The zero-order chi connectivity index (χ0) is 26.3. The van der Waals surface area contributed by atoms with E-state index in [0.717, 1.165) is 12.4 Å². The highest BCUT2D eigenvalue weighted by Crippen LogP contribution is 2.20. The van der Waals surface area contributed by atoms with Crippen molar-refractivity contribution in [1.29, 1.82) is 0 Å². The Morgan fingerprint density at radius 3 is 2.21 bits per heavy atom. The number of methoxy groups -OCH3 is 1. The Labute approximate surface area is 217 Å². The van der Waals surface area contributed by atoms with Gasteiger partial charge in [0.1, 0.15) is 6.67 Å². The summed E-state index contributed by atoms with van der Waals surface area (Å²) in [6, 6.07) is -0.0525. The second-order valence-electron chi connectivity index (χ2n) is 8.45. The fraction of sp³-hybridized carbons (Fsp3) is 0.320. The molecule has 0 N–H and O–H groups in total. The molecule has 1 atom stereocenters. The van der Waals surface area contributed by atoms with Gasteiger partial charge in [-0.15, -0.1) is 0 Å². The molecule has 194 valence electrons. The topological polar surface area (TPSA) is 111 Å². The molecular weight excluding hydrogens is 494 g/mol. The summed E-state index contributed by atoms with van der Waals surface area (Å²) in [6.45, 7) is 2.00. The Kier molecular flexibility index (Phi) is 7.70. The van der Waals surface area contributed by atoms with Gasteiger partial charge < -0.3 is 14.5 Å². The fourth-order valence-electron chi connectivity index (χ4n) is 4.01. The highest BCUT2D eigenvalue weighted by Gasteiger charge is 2.30. The van der Waals surface area contributed by atoms with Crippen molar-refractivity contribution in [2.45, 2.75) is 12.6 Å². The van der Waals surface area contributed by atoms with Crippen molar-refractivity contribution in [2.24, 2.45) is 0 Å². The van der Waals surface area contributed by atoms with Gasteiger partial charge >= 0.3 is 0 Å². The Bertz CT molecular complexity index is 1400. The molecule has 0 saturated carbocycles. The van der Waals surface area contributed by atoms with Crippen LogP contribution in [0.15, 0.2) is 49.6 Å². The largest absolute Gasteiger partial charge is 0.382 e. The molecule has 13 heteroatoms. The van der Waals surface area contributed by atoms with Crippen molar-refractivity contribution >= 4 is 11.9 Å². The van der Waals surface area contributed by atoms with E-state index in [0.29, 0.717) is 60.7 Å². The molecule has 0 bridgehead atoms. The van der Waals surface area contributed by atoms with Crippen molar-refractivity contribution < 1.29 is 13.5 Å². The fourth-order valence-corrected chi connectivity index (χ4v) is 4.01. The molecule has 4 aromatic heterocycles. The van der Waals surface area contributed by atoms with Crippen LogP contribution in [-0.4, -0.2) is 85.8 Å². The number of ether oxygens (including phenoxy) is 1. The van der Waals surface area contributed by atoms with Crippen LogP contribution in [0.2, 0.25) is 0 Å². The first kappa shape index (κ1) is 25.1. The minimum absolute atomic E-state index is 0.0525. The van der Waals surface area contributed by atoms with E-state index in [-0.39, 0.29) is 12.6 Å². The number of aryl methyl sites for hydroxylation is 1. The molecule has 0 spiro atoms. The zero-order valence-corrected chi connectivity index (χ0v) is 20.6. The number of rotatable bonds is 7.